The molecule has 17 heavy (non-hydrogen) atoms. The largest absolute Gasteiger partial charge is 0.397 e. The van der Waals surface area contributed by atoms with E-state index >= 15 is 0 Å². The van der Waals surface area contributed by atoms with Crippen LogP contribution in [-0.4, -0.2) is 23.3 Å². The van der Waals surface area contributed by atoms with Gasteiger partial charge in [-0.1, -0.05) is 0 Å². The van der Waals surface area contributed by atoms with Gasteiger partial charge in [-0.05, 0) is 6.07 Å². The van der Waals surface area contributed by atoms with Crippen LogP contribution in [-0.2, 0) is 4.79 Å². The Balaban J connectivity index is 2.32. The Hall–Kier alpha value is -2.15. The number of fused-ring (bicyclic) bond motifs is 1. The summed E-state index contributed by atoms with van der Waals surface area (Å²) in [6.07, 6.45) is 3.25. The van der Waals surface area contributed by atoms with E-state index in [2.05, 4.69) is 10.3 Å². The second-order valence-corrected chi connectivity index (χ2v) is 4.42. The van der Waals surface area contributed by atoms with E-state index in [0.717, 1.165) is 10.1 Å². The molecule has 2 amide bonds. The zero-order valence-corrected chi connectivity index (χ0v) is 9.58. The van der Waals surface area contributed by atoms with Crippen molar-refractivity contribution in [2.24, 2.45) is 5.73 Å². The van der Waals surface area contributed by atoms with Gasteiger partial charge >= 0.3 is 0 Å². The molecule has 2 heterocycles. The van der Waals surface area contributed by atoms with Crippen LogP contribution in [0.4, 0.5) is 5.69 Å². The van der Waals surface area contributed by atoms with Crippen LogP contribution in [0.1, 0.15) is 9.67 Å². The predicted molar refractivity (Wildman–Crippen MR) is 65.6 cm³/mol. The topological polar surface area (TPSA) is 111 Å². The van der Waals surface area contributed by atoms with Gasteiger partial charge in [0.15, 0.2) is 0 Å². The van der Waals surface area contributed by atoms with E-state index in [1.807, 2.05) is 0 Å². The van der Waals surface area contributed by atoms with Crippen molar-refractivity contribution in [2.75, 3.05) is 12.3 Å². The molecule has 0 aromatic carbocycles. The van der Waals surface area contributed by atoms with Gasteiger partial charge in [-0.15, -0.1) is 11.3 Å². The number of aromatic nitrogens is 1. The maximum Gasteiger partial charge on any atom is 0.263 e. The Bertz CT molecular complexity index is 593. The molecule has 88 valence electrons. The van der Waals surface area contributed by atoms with Crippen molar-refractivity contribution in [3.63, 3.8) is 0 Å². The van der Waals surface area contributed by atoms with Crippen molar-refractivity contribution in [1.29, 1.82) is 0 Å². The molecule has 0 spiro atoms. The van der Waals surface area contributed by atoms with E-state index in [9.17, 15) is 9.59 Å². The normalized spacial score (nSPS) is 10.4. The standard InChI is InChI=1S/C10H10N4O2S/c11-7(15)4-14-10(16)9-8(12)5-1-2-13-3-6(5)17-9/h1-3H,4,12H2,(H2,11,15)(H,14,16). The number of hydrogen-bond acceptors (Lipinski definition) is 5. The van der Waals surface area contributed by atoms with Crippen LogP contribution in [0.2, 0.25) is 0 Å². The van der Waals surface area contributed by atoms with Crippen LogP contribution in [0.15, 0.2) is 18.5 Å². The molecule has 5 N–H and O–H groups in total. The zero-order chi connectivity index (χ0) is 12.4. The van der Waals surface area contributed by atoms with Gasteiger partial charge in [-0.2, -0.15) is 0 Å². The van der Waals surface area contributed by atoms with Crippen molar-refractivity contribution in [1.82, 2.24) is 10.3 Å². The molecule has 2 aromatic heterocycles. The van der Waals surface area contributed by atoms with Gasteiger partial charge in [0, 0.05) is 17.8 Å². The highest BCUT2D eigenvalue weighted by Crippen LogP contribution is 2.32. The number of anilines is 1. The number of nitrogens with two attached hydrogens (primary N) is 2. The van der Waals surface area contributed by atoms with Gasteiger partial charge < -0.3 is 16.8 Å². The summed E-state index contributed by atoms with van der Waals surface area (Å²) in [6.45, 7) is -0.204. The third-order valence-corrected chi connectivity index (χ3v) is 3.32. The highest BCUT2D eigenvalue weighted by molar-refractivity contribution is 7.21. The predicted octanol–water partition coefficient (Wildman–Crippen LogP) is 0.0936. The lowest BCUT2D eigenvalue weighted by Gasteiger charge is -2.00. The number of hydrogen-bond donors (Lipinski definition) is 3. The lowest BCUT2D eigenvalue weighted by Crippen LogP contribution is -2.33. The lowest BCUT2D eigenvalue weighted by atomic mass is 10.2. The summed E-state index contributed by atoms with van der Waals surface area (Å²) in [6, 6.07) is 1.74. The van der Waals surface area contributed by atoms with Gasteiger partial charge in [0.2, 0.25) is 5.91 Å². The number of amides is 2. The highest BCUT2D eigenvalue weighted by Gasteiger charge is 2.16. The fourth-order valence-corrected chi connectivity index (χ4v) is 2.39. The molecule has 6 nitrogen and oxygen atoms in total. The summed E-state index contributed by atoms with van der Waals surface area (Å²) in [5.41, 5.74) is 11.2. The van der Waals surface area contributed by atoms with Gasteiger partial charge in [0.1, 0.15) is 4.88 Å². The second kappa shape index (κ2) is 4.38. The van der Waals surface area contributed by atoms with Crippen molar-refractivity contribution in [2.45, 2.75) is 0 Å². The third kappa shape index (κ3) is 2.18. The van der Waals surface area contributed by atoms with Gasteiger partial charge in [-0.3, -0.25) is 14.6 Å². The first-order chi connectivity index (χ1) is 8.09. The first-order valence-electron chi connectivity index (χ1n) is 4.78. The first-order valence-corrected chi connectivity index (χ1v) is 5.59. The number of primary amides is 1. The van der Waals surface area contributed by atoms with Crippen LogP contribution in [0.3, 0.4) is 0 Å². The number of carbonyl (C=O) groups excluding carboxylic acids is 2. The summed E-state index contributed by atoms with van der Waals surface area (Å²) >= 11 is 1.23. The van der Waals surface area contributed by atoms with E-state index in [1.165, 1.54) is 11.3 Å². The Morgan fingerprint density at radius 1 is 1.47 bits per heavy atom. The quantitative estimate of drug-likeness (QED) is 0.717. The molecule has 0 bridgehead atoms. The van der Waals surface area contributed by atoms with Crippen molar-refractivity contribution in [3.8, 4) is 0 Å². The zero-order valence-electron chi connectivity index (χ0n) is 8.77. The van der Waals surface area contributed by atoms with E-state index in [1.54, 1.807) is 18.5 Å². The maximum absolute atomic E-state index is 11.7. The van der Waals surface area contributed by atoms with Crippen LogP contribution >= 0.6 is 11.3 Å². The van der Waals surface area contributed by atoms with Crippen LogP contribution in [0.5, 0.6) is 0 Å². The summed E-state index contributed by atoms with van der Waals surface area (Å²) in [4.78, 5) is 26.6. The van der Waals surface area contributed by atoms with E-state index in [-0.39, 0.29) is 6.54 Å². The molecule has 0 radical (unpaired) electrons. The second-order valence-electron chi connectivity index (χ2n) is 3.37. The minimum Gasteiger partial charge on any atom is -0.397 e. The molecule has 7 heteroatoms. The number of nitrogen functional groups attached to an aromatic ring is 1. The average molecular weight is 250 g/mol. The summed E-state index contributed by atoms with van der Waals surface area (Å²) in [7, 11) is 0. The minimum absolute atomic E-state index is 0.204. The summed E-state index contributed by atoms with van der Waals surface area (Å²) in [5, 5.41) is 3.18. The number of rotatable bonds is 3. The number of nitrogens with zero attached hydrogens (tertiary/aromatic N) is 1. The van der Waals surface area contributed by atoms with E-state index in [4.69, 9.17) is 11.5 Å². The smallest absolute Gasteiger partial charge is 0.263 e. The lowest BCUT2D eigenvalue weighted by molar-refractivity contribution is -0.117. The Morgan fingerprint density at radius 3 is 2.88 bits per heavy atom. The summed E-state index contributed by atoms with van der Waals surface area (Å²) in [5.74, 6) is -0.998. The molecule has 2 rings (SSSR count). The van der Waals surface area contributed by atoms with Crippen molar-refractivity contribution < 1.29 is 9.59 Å². The average Bonchev–Trinajstić information content (AvgIpc) is 2.64. The fraction of sp³-hybridized carbons (Fsp3) is 0.100. The molecule has 2 aromatic rings. The maximum atomic E-state index is 11.7. The molecule has 0 saturated carbocycles. The number of carbonyl (C=O) groups is 2. The molecule has 0 fully saturated rings. The summed E-state index contributed by atoms with van der Waals surface area (Å²) < 4.78 is 0.828. The molecular weight excluding hydrogens is 240 g/mol. The van der Waals surface area contributed by atoms with Crippen molar-refractivity contribution in [3.05, 3.63) is 23.3 Å². The Morgan fingerprint density at radius 2 is 2.24 bits per heavy atom. The van der Waals surface area contributed by atoms with Crippen molar-refractivity contribution >= 4 is 38.9 Å². The molecule has 0 atom stereocenters. The number of thiophene rings is 1. The molecule has 0 aliphatic rings. The van der Waals surface area contributed by atoms with Gasteiger partial charge in [0.25, 0.3) is 5.91 Å². The monoisotopic (exact) mass is 250 g/mol. The first kappa shape index (κ1) is 11.3. The third-order valence-electron chi connectivity index (χ3n) is 2.16. The van der Waals surface area contributed by atoms with Gasteiger partial charge in [-0.25, -0.2) is 0 Å². The van der Waals surface area contributed by atoms with E-state index < -0.39 is 11.8 Å². The molecule has 0 aliphatic heterocycles. The van der Waals surface area contributed by atoms with Gasteiger partial charge in [0.05, 0.1) is 16.9 Å². The molecule has 0 aliphatic carbocycles. The van der Waals surface area contributed by atoms with Crippen LogP contribution in [0.25, 0.3) is 10.1 Å². The highest BCUT2D eigenvalue weighted by atomic mass is 32.1. The van der Waals surface area contributed by atoms with Crippen LogP contribution < -0.4 is 16.8 Å². The minimum atomic E-state index is -0.598. The van der Waals surface area contributed by atoms with E-state index in [0.29, 0.717) is 10.6 Å². The molecule has 0 unspecified atom stereocenters. The fourth-order valence-electron chi connectivity index (χ4n) is 1.39. The number of pyridine rings is 1. The molecule has 0 saturated heterocycles. The Labute approximate surface area is 101 Å². The molecular formula is C10H10N4O2S. The SMILES string of the molecule is NC(=O)CNC(=O)c1sc2cnccc2c1N. The Kier molecular flexibility index (Phi) is 2.92. The van der Waals surface area contributed by atoms with Crippen LogP contribution in [0, 0.1) is 0 Å². The number of nitrogens with one attached hydrogen (secondary N) is 1.